The zero-order valence-corrected chi connectivity index (χ0v) is 17.4. The standard InChI is InChI=1S/C26H22P2/c1-5-13-23(14-6-1)27(24-15-7-2-8-16-24)21-22-28(25-17-9-3-10-18-25)26-19-11-4-12-20-26/h1-22H/b22-21-. The van der Waals surface area contributed by atoms with E-state index in [0.717, 1.165) is 0 Å². The Labute approximate surface area is 170 Å². The van der Waals surface area contributed by atoms with Crippen LogP contribution in [0.5, 0.6) is 0 Å². The van der Waals surface area contributed by atoms with Gasteiger partial charge in [-0.3, -0.25) is 0 Å². The SMILES string of the molecule is C(=C/P(c1ccccc1)c1ccccc1)/P(c1ccccc1)c1ccccc1. The summed E-state index contributed by atoms with van der Waals surface area (Å²) < 4.78 is 0. The molecule has 0 aliphatic heterocycles. The maximum atomic E-state index is 2.45. The van der Waals surface area contributed by atoms with Crippen LogP contribution in [0, 0.1) is 0 Å². The van der Waals surface area contributed by atoms with E-state index in [1.165, 1.54) is 21.2 Å². The molecule has 28 heavy (non-hydrogen) atoms. The van der Waals surface area contributed by atoms with Crippen molar-refractivity contribution in [1.82, 2.24) is 0 Å². The fourth-order valence-electron chi connectivity index (χ4n) is 3.13. The molecule has 0 N–H and O–H groups in total. The van der Waals surface area contributed by atoms with E-state index in [0.29, 0.717) is 0 Å². The van der Waals surface area contributed by atoms with Crippen molar-refractivity contribution >= 4 is 37.1 Å². The summed E-state index contributed by atoms with van der Waals surface area (Å²) in [6, 6.07) is 43.4. The second-order valence-corrected chi connectivity index (χ2v) is 10.5. The third kappa shape index (κ3) is 4.66. The Morgan fingerprint density at radius 1 is 0.321 bits per heavy atom. The molecule has 4 aromatic rings. The van der Waals surface area contributed by atoms with E-state index in [4.69, 9.17) is 0 Å². The number of rotatable bonds is 6. The molecule has 0 amide bonds. The molecule has 0 radical (unpaired) electrons. The lowest BCUT2D eigenvalue weighted by Gasteiger charge is -2.18. The Morgan fingerprint density at radius 2 is 0.536 bits per heavy atom. The highest BCUT2D eigenvalue weighted by Gasteiger charge is 2.14. The minimum absolute atomic E-state index is 0.528. The molecule has 0 fully saturated rings. The second kappa shape index (κ2) is 9.61. The summed E-state index contributed by atoms with van der Waals surface area (Å²) in [7, 11) is -1.06. The van der Waals surface area contributed by atoms with Gasteiger partial charge in [0, 0.05) is 0 Å². The average molecular weight is 396 g/mol. The molecule has 0 saturated heterocycles. The molecule has 0 atom stereocenters. The maximum Gasteiger partial charge on any atom is -0.0157 e. The third-order valence-corrected chi connectivity index (χ3v) is 9.05. The molecule has 0 unspecified atom stereocenters. The van der Waals surface area contributed by atoms with E-state index in [9.17, 15) is 0 Å². The summed E-state index contributed by atoms with van der Waals surface area (Å²) in [4.78, 5) is 0. The summed E-state index contributed by atoms with van der Waals surface area (Å²) in [5.74, 6) is 4.90. The predicted molar refractivity (Wildman–Crippen MR) is 127 cm³/mol. The molecule has 0 aliphatic rings. The van der Waals surface area contributed by atoms with Crippen molar-refractivity contribution in [3.8, 4) is 0 Å². The molecule has 4 rings (SSSR count). The normalized spacial score (nSPS) is 11.4. The van der Waals surface area contributed by atoms with Crippen LogP contribution in [0.15, 0.2) is 133 Å². The van der Waals surface area contributed by atoms with Crippen LogP contribution < -0.4 is 21.2 Å². The van der Waals surface area contributed by atoms with Gasteiger partial charge in [0.25, 0.3) is 0 Å². The Kier molecular flexibility index (Phi) is 6.46. The zero-order chi connectivity index (χ0) is 19.0. The van der Waals surface area contributed by atoms with Gasteiger partial charge < -0.3 is 0 Å². The summed E-state index contributed by atoms with van der Waals surface area (Å²) in [6.07, 6.45) is 0. The molecule has 136 valence electrons. The molecule has 0 nitrogen and oxygen atoms in total. The van der Waals surface area contributed by atoms with Crippen molar-refractivity contribution in [1.29, 1.82) is 0 Å². The van der Waals surface area contributed by atoms with Crippen LogP contribution in [0.25, 0.3) is 0 Å². The molecule has 0 spiro atoms. The van der Waals surface area contributed by atoms with Crippen LogP contribution in [0.4, 0.5) is 0 Å². The fraction of sp³-hybridized carbons (Fsp3) is 0. The van der Waals surface area contributed by atoms with Gasteiger partial charge in [-0.05, 0) is 37.1 Å². The van der Waals surface area contributed by atoms with Gasteiger partial charge in [0.05, 0.1) is 0 Å². The van der Waals surface area contributed by atoms with Gasteiger partial charge in [0.2, 0.25) is 0 Å². The van der Waals surface area contributed by atoms with E-state index in [2.05, 4.69) is 133 Å². The molecule has 0 saturated carbocycles. The first-order chi connectivity index (χ1) is 13.9. The minimum atomic E-state index is -0.528. The molecule has 0 aliphatic carbocycles. The summed E-state index contributed by atoms with van der Waals surface area (Å²) >= 11 is 0. The molecule has 4 aromatic carbocycles. The topological polar surface area (TPSA) is 0 Å². The monoisotopic (exact) mass is 396 g/mol. The summed E-state index contributed by atoms with van der Waals surface area (Å²) in [5.41, 5.74) is 0. The highest BCUT2D eigenvalue weighted by Crippen LogP contribution is 2.42. The second-order valence-electron chi connectivity index (χ2n) is 6.38. The van der Waals surface area contributed by atoms with Gasteiger partial charge in [-0.1, -0.05) is 133 Å². The fourth-order valence-corrected chi connectivity index (χ4v) is 7.45. The zero-order valence-electron chi connectivity index (χ0n) is 15.6. The number of hydrogen-bond acceptors (Lipinski definition) is 0. The lowest BCUT2D eigenvalue weighted by atomic mass is 10.4. The van der Waals surface area contributed by atoms with Gasteiger partial charge in [0.1, 0.15) is 0 Å². The van der Waals surface area contributed by atoms with E-state index >= 15 is 0 Å². The van der Waals surface area contributed by atoms with Gasteiger partial charge in [-0.25, -0.2) is 0 Å². The minimum Gasteiger partial charge on any atom is -0.0622 e. The van der Waals surface area contributed by atoms with Gasteiger partial charge >= 0.3 is 0 Å². The first-order valence-electron chi connectivity index (χ1n) is 9.39. The Hall–Kier alpha value is -2.52. The Balaban J connectivity index is 1.75. The van der Waals surface area contributed by atoms with Gasteiger partial charge in [0.15, 0.2) is 0 Å². The van der Waals surface area contributed by atoms with Crippen LogP contribution in [-0.2, 0) is 0 Å². The van der Waals surface area contributed by atoms with Crippen LogP contribution in [-0.4, -0.2) is 0 Å². The smallest absolute Gasteiger partial charge is 0.0157 e. The number of benzene rings is 4. The predicted octanol–water partition coefficient (Wildman–Crippen LogP) is 5.72. The van der Waals surface area contributed by atoms with Crippen LogP contribution >= 0.6 is 15.8 Å². The highest BCUT2D eigenvalue weighted by molar-refractivity contribution is 7.79. The van der Waals surface area contributed by atoms with Crippen molar-refractivity contribution in [3.63, 3.8) is 0 Å². The summed E-state index contributed by atoms with van der Waals surface area (Å²) in [5, 5.41) is 5.54. The van der Waals surface area contributed by atoms with E-state index < -0.39 is 15.8 Å². The van der Waals surface area contributed by atoms with Crippen molar-refractivity contribution in [3.05, 3.63) is 133 Å². The van der Waals surface area contributed by atoms with Crippen molar-refractivity contribution < 1.29 is 0 Å². The average Bonchev–Trinajstić information content (AvgIpc) is 2.79. The lowest BCUT2D eigenvalue weighted by Crippen LogP contribution is -2.11. The first-order valence-corrected chi connectivity index (χ1v) is 12.2. The quantitative estimate of drug-likeness (QED) is 0.366. The van der Waals surface area contributed by atoms with Crippen LogP contribution in [0.2, 0.25) is 0 Å². The van der Waals surface area contributed by atoms with Gasteiger partial charge in [-0.2, -0.15) is 0 Å². The molecule has 0 aromatic heterocycles. The van der Waals surface area contributed by atoms with E-state index in [1.807, 2.05) is 0 Å². The first kappa shape index (κ1) is 18.8. The molecule has 2 heteroatoms. The van der Waals surface area contributed by atoms with Crippen LogP contribution in [0.3, 0.4) is 0 Å². The Morgan fingerprint density at radius 3 is 0.750 bits per heavy atom. The molecule has 0 heterocycles. The van der Waals surface area contributed by atoms with Crippen molar-refractivity contribution in [2.45, 2.75) is 0 Å². The van der Waals surface area contributed by atoms with Crippen molar-refractivity contribution in [2.75, 3.05) is 0 Å². The number of hydrogen-bond donors (Lipinski definition) is 0. The third-order valence-electron chi connectivity index (χ3n) is 4.50. The lowest BCUT2D eigenvalue weighted by molar-refractivity contribution is 1.75. The van der Waals surface area contributed by atoms with Gasteiger partial charge in [-0.15, -0.1) is 0 Å². The Bertz CT molecular complexity index is 833. The molecular formula is C26H22P2. The summed E-state index contributed by atoms with van der Waals surface area (Å²) in [6.45, 7) is 0. The van der Waals surface area contributed by atoms with Crippen LogP contribution in [0.1, 0.15) is 0 Å². The maximum absolute atomic E-state index is 2.45. The van der Waals surface area contributed by atoms with Crippen molar-refractivity contribution in [2.24, 2.45) is 0 Å². The molecular weight excluding hydrogens is 374 g/mol. The van der Waals surface area contributed by atoms with E-state index in [-0.39, 0.29) is 0 Å². The highest BCUT2D eigenvalue weighted by atomic mass is 31.1. The molecule has 0 bridgehead atoms. The largest absolute Gasteiger partial charge is 0.0622 e. The van der Waals surface area contributed by atoms with E-state index in [1.54, 1.807) is 0 Å².